The summed E-state index contributed by atoms with van der Waals surface area (Å²) in [7, 11) is 0. The minimum absolute atomic E-state index is 0.0977. The molecule has 0 fully saturated rings. The highest BCUT2D eigenvalue weighted by Crippen LogP contribution is 2.31. The highest BCUT2D eigenvalue weighted by Gasteiger charge is 2.17. The molecule has 2 aromatic rings. The number of thiazole rings is 1. The van der Waals surface area contributed by atoms with Crippen molar-refractivity contribution in [2.45, 2.75) is 26.3 Å². The zero-order valence-electron chi connectivity index (χ0n) is 13.0. The van der Waals surface area contributed by atoms with Gasteiger partial charge in [0, 0.05) is 12.1 Å². The van der Waals surface area contributed by atoms with Crippen LogP contribution in [0.5, 0.6) is 0 Å². The van der Waals surface area contributed by atoms with Crippen LogP contribution in [0.15, 0.2) is 30.3 Å². The summed E-state index contributed by atoms with van der Waals surface area (Å²) in [6, 6.07) is 9.29. The molecule has 0 aliphatic rings. The molecule has 0 radical (unpaired) electrons. The van der Waals surface area contributed by atoms with Gasteiger partial charge in [-0.1, -0.05) is 30.3 Å². The Morgan fingerprint density at radius 2 is 2.00 bits per heavy atom. The average Bonchev–Trinajstić information content (AvgIpc) is 2.90. The number of nitrogens with zero attached hydrogens (tertiary/aromatic N) is 1. The third kappa shape index (κ3) is 4.79. The summed E-state index contributed by atoms with van der Waals surface area (Å²) < 4.78 is 0. The van der Waals surface area contributed by atoms with Crippen LogP contribution in [-0.4, -0.2) is 28.6 Å². The molecule has 1 aromatic carbocycles. The Kier molecular flexibility index (Phi) is 5.70. The smallest absolute Gasteiger partial charge is 0.315 e. The van der Waals surface area contributed by atoms with E-state index >= 15 is 0 Å². The van der Waals surface area contributed by atoms with E-state index in [1.54, 1.807) is 11.3 Å². The summed E-state index contributed by atoms with van der Waals surface area (Å²) in [6.45, 7) is 3.90. The number of carbonyl (C=O) groups is 2. The molecule has 2 rings (SSSR count). The molecule has 1 atom stereocenters. The largest absolute Gasteiger partial charge is 0.481 e. The third-order valence-electron chi connectivity index (χ3n) is 3.22. The van der Waals surface area contributed by atoms with Gasteiger partial charge in [0.25, 0.3) is 0 Å². The Bertz CT molecular complexity index is 685. The molecule has 0 aliphatic carbocycles. The molecule has 122 valence electrons. The molecule has 0 bridgehead atoms. The van der Waals surface area contributed by atoms with Crippen LogP contribution in [0.4, 0.5) is 4.79 Å². The second-order valence-electron chi connectivity index (χ2n) is 5.10. The van der Waals surface area contributed by atoms with E-state index in [4.69, 9.17) is 5.11 Å². The number of nitrogens with one attached hydrogen (secondary N) is 2. The minimum Gasteiger partial charge on any atom is -0.481 e. The van der Waals surface area contributed by atoms with Gasteiger partial charge in [0.05, 0.1) is 23.0 Å². The molecule has 0 aliphatic heterocycles. The molecule has 23 heavy (non-hydrogen) atoms. The lowest BCUT2D eigenvalue weighted by Gasteiger charge is -2.13. The van der Waals surface area contributed by atoms with Crippen LogP contribution < -0.4 is 10.6 Å². The van der Waals surface area contributed by atoms with Crippen molar-refractivity contribution in [2.75, 3.05) is 6.54 Å². The number of aryl methyl sites for hydroxylation is 1. The number of aromatic nitrogens is 1. The van der Waals surface area contributed by atoms with E-state index in [0.29, 0.717) is 0 Å². The fourth-order valence-electron chi connectivity index (χ4n) is 2.11. The Morgan fingerprint density at radius 3 is 2.65 bits per heavy atom. The van der Waals surface area contributed by atoms with Crippen LogP contribution in [0, 0.1) is 6.92 Å². The SMILES string of the molecule is Cc1nc(-c2ccccc2)sc1C(C)NC(=O)NCCC(=O)O. The van der Waals surface area contributed by atoms with Crippen LogP contribution in [-0.2, 0) is 4.79 Å². The van der Waals surface area contributed by atoms with Gasteiger partial charge >= 0.3 is 12.0 Å². The van der Waals surface area contributed by atoms with E-state index in [1.165, 1.54) is 0 Å². The van der Waals surface area contributed by atoms with Crippen molar-refractivity contribution in [3.05, 3.63) is 40.9 Å². The Labute approximate surface area is 138 Å². The molecule has 6 nitrogen and oxygen atoms in total. The van der Waals surface area contributed by atoms with Crippen LogP contribution in [0.2, 0.25) is 0 Å². The first kappa shape index (κ1) is 17.0. The molecular formula is C16H19N3O3S. The zero-order chi connectivity index (χ0) is 16.8. The number of urea groups is 1. The topological polar surface area (TPSA) is 91.3 Å². The van der Waals surface area contributed by atoms with Crippen molar-refractivity contribution in [3.8, 4) is 10.6 Å². The van der Waals surface area contributed by atoms with E-state index < -0.39 is 5.97 Å². The van der Waals surface area contributed by atoms with Gasteiger partial charge < -0.3 is 15.7 Å². The first-order valence-corrected chi connectivity index (χ1v) is 8.08. The number of rotatable bonds is 6. The maximum Gasteiger partial charge on any atom is 0.315 e. The Hall–Kier alpha value is -2.41. The standard InChI is InChI=1S/C16H19N3O3S/c1-10-14(11(2)19-16(22)17-9-8-13(20)21)23-15(18-10)12-6-4-3-5-7-12/h3-7,11H,8-9H2,1-2H3,(H,20,21)(H2,17,19,22). The van der Waals surface area contributed by atoms with Crippen LogP contribution >= 0.6 is 11.3 Å². The van der Waals surface area contributed by atoms with Gasteiger partial charge in [0.15, 0.2) is 0 Å². The molecule has 1 aromatic heterocycles. The lowest BCUT2D eigenvalue weighted by atomic mass is 10.2. The quantitative estimate of drug-likeness (QED) is 0.758. The maximum atomic E-state index is 11.8. The van der Waals surface area contributed by atoms with Crippen molar-refractivity contribution in [2.24, 2.45) is 0 Å². The predicted octanol–water partition coefficient (Wildman–Crippen LogP) is 2.95. The third-order valence-corrected chi connectivity index (χ3v) is 4.61. The fraction of sp³-hybridized carbons (Fsp3) is 0.312. The highest BCUT2D eigenvalue weighted by atomic mass is 32.1. The summed E-state index contributed by atoms with van der Waals surface area (Å²) in [5.41, 5.74) is 1.93. The summed E-state index contributed by atoms with van der Waals surface area (Å²) in [5, 5.41) is 14.8. The number of amides is 2. The number of benzene rings is 1. The Balaban J connectivity index is 2.00. The molecule has 1 unspecified atom stereocenters. The van der Waals surface area contributed by atoms with Gasteiger partial charge in [-0.25, -0.2) is 9.78 Å². The van der Waals surface area contributed by atoms with Gasteiger partial charge in [-0.15, -0.1) is 11.3 Å². The van der Waals surface area contributed by atoms with Crippen LogP contribution in [0.3, 0.4) is 0 Å². The first-order valence-electron chi connectivity index (χ1n) is 7.26. The molecule has 1 heterocycles. The Morgan fingerprint density at radius 1 is 1.30 bits per heavy atom. The van der Waals surface area contributed by atoms with E-state index in [0.717, 1.165) is 21.1 Å². The second-order valence-corrected chi connectivity index (χ2v) is 6.13. The van der Waals surface area contributed by atoms with E-state index in [1.807, 2.05) is 44.2 Å². The lowest BCUT2D eigenvalue weighted by Crippen LogP contribution is -2.37. The van der Waals surface area contributed by atoms with Gasteiger partial charge in [-0.2, -0.15) is 0 Å². The number of carboxylic acid groups (broad SMARTS) is 1. The molecule has 0 saturated carbocycles. The van der Waals surface area contributed by atoms with Crippen molar-refractivity contribution >= 4 is 23.3 Å². The number of hydrogen-bond donors (Lipinski definition) is 3. The molecule has 0 saturated heterocycles. The number of aliphatic carboxylic acids is 1. The molecule has 7 heteroatoms. The second kappa shape index (κ2) is 7.73. The highest BCUT2D eigenvalue weighted by molar-refractivity contribution is 7.15. The van der Waals surface area contributed by atoms with E-state index in [-0.39, 0.29) is 25.0 Å². The van der Waals surface area contributed by atoms with E-state index in [9.17, 15) is 9.59 Å². The van der Waals surface area contributed by atoms with Crippen LogP contribution in [0.1, 0.15) is 30.0 Å². The predicted molar refractivity (Wildman–Crippen MR) is 89.5 cm³/mol. The number of hydrogen-bond acceptors (Lipinski definition) is 4. The summed E-state index contributed by atoms with van der Waals surface area (Å²) in [6.07, 6.45) is -0.0977. The van der Waals surface area contributed by atoms with Crippen molar-refractivity contribution in [1.29, 1.82) is 0 Å². The monoisotopic (exact) mass is 333 g/mol. The van der Waals surface area contributed by atoms with Crippen molar-refractivity contribution < 1.29 is 14.7 Å². The zero-order valence-corrected chi connectivity index (χ0v) is 13.8. The lowest BCUT2D eigenvalue weighted by molar-refractivity contribution is -0.136. The van der Waals surface area contributed by atoms with Crippen molar-refractivity contribution in [3.63, 3.8) is 0 Å². The average molecular weight is 333 g/mol. The summed E-state index contributed by atoms with van der Waals surface area (Å²) in [4.78, 5) is 27.7. The summed E-state index contributed by atoms with van der Waals surface area (Å²) >= 11 is 1.54. The van der Waals surface area contributed by atoms with Gasteiger partial charge in [-0.3, -0.25) is 4.79 Å². The van der Waals surface area contributed by atoms with Gasteiger partial charge in [-0.05, 0) is 13.8 Å². The number of carboxylic acids is 1. The van der Waals surface area contributed by atoms with Crippen LogP contribution in [0.25, 0.3) is 10.6 Å². The normalized spacial score (nSPS) is 11.7. The molecule has 2 amide bonds. The van der Waals surface area contributed by atoms with Gasteiger partial charge in [0.2, 0.25) is 0 Å². The maximum absolute atomic E-state index is 11.8. The summed E-state index contributed by atoms with van der Waals surface area (Å²) in [5.74, 6) is -0.941. The molecule has 0 spiro atoms. The number of carbonyl (C=O) groups excluding carboxylic acids is 1. The van der Waals surface area contributed by atoms with Gasteiger partial charge in [0.1, 0.15) is 5.01 Å². The van der Waals surface area contributed by atoms with E-state index in [2.05, 4.69) is 15.6 Å². The first-order chi connectivity index (χ1) is 11.0. The fourth-order valence-corrected chi connectivity index (χ4v) is 3.18. The molecule has 3 N–H and O–H groups in total. The molecular weight excluding hydrogens is 314 g/mol. The van der Waals surface area contributed by atoms with Crippen molar-refractivity contribution in [1.82, 2.24) is 15.6 Å². The minimum atomic E-state index is -0.941.